The van der Waals surface area contributed by atoms with Gasteiger partial charge in [-0.15, -0.1) is 0 Å². The molecule has 86 valence electrons. The highest BCUT2D eigenvalue weighted by atomic mass is 19.1. The summed E-state index contributed by atoms with van der Waals surface area (Å²) in [4.78, 5) is 0. The van der Waals surface area contributed by atoms with E-state index in [9.17, 15) is 4.39 Å². The molecule has 0 spiro atoms. The van der Waals surface area contributed by atoms with Crippen LogP contribution >= 0.6 is 0 Å². The van der Waals surface area contributed by atoms with E-state index >= 15 is 0 Å². The van der Waals surface area contributed by atoms with Crippen LogP contribution in [0.3, 0.4) is 0 Å². The molecule has 0 saturated heterocycles. The van der Waals surface area contributed by atoms with Crippen LogP contribution in [0.1, 0.15) is 72.1 Å². The van der Waals surface area contributed by atoms with Crippen molar-refractivity contribution in [2.24, 2.45) is 5.92 Å². The Kier molecular flexibility index (Phi) is 9.44. The van der Waals surface area contributed by atoms with Gasteiger partial charge in [0.05, 0.1) is 0 Å². The Bertz CT molecular complexity index is 112. The molecule has 0 aromatic carbocycles. The van der Waals surface area contributed by atoms with Crippen molar-refractivity contribution in [1.29, 1.82) is 0 Å². The molecular formula is C13H27F. The van der Waals surface area contributed by atoms with Crippen molar-refractivity contribution < 1.29 is 4.39 Å². The maximum absolute atomic E-state index is 13.0. The van der Waals surface area contributed by atoms with Gasteiger partial charge in [-0.3, -0.25) is 0 Å². The molecule has 0 rings (SSSR count). The molecule has 14 heavy (non-hydrogen) atoms. The van der Waals surface area contributed by atoms with Crippen LogP contribution in [0, 0.1) is 5.92 Å². The highest BCUT2D eigenvalue weighted by Gasteiger charge is 2.09. The number of rotatable bonds is 9. The van der Waals surface area contributed by atoms with E-state index in [0.29, 0.717) is 12.3 Å². The Labute approximate surface area is 89.3 Å². The second kappa shape index (κ2) is 9.48. The molecule has 0 amide bonds. The molecule has 0 saturated carbocycles. The van der Waals surface area contributed by atoms with Crippen LogP contribution in [-0.2, 0) is 0 Å². The van der Waals surface area contributed by atoms with Crippen LogP contribution in [0.4, 0.5) is 4.39 Å². The van der Waals surface area contributed by atoms with Crippen molar-refractivity contribution in [2.45, 2.75) is 78.3 Å². The minimum atomic E-state index is -0.569. The molecule has 0 heterocycles. The van der Waals surface area contributed by atoms with Gasteiger partial charge in [-0.25, -0.2) is 4.39 Å². The normalized spacial score (nSPS) is 15.4. The van der Waals surface area contributed by atoms with Crippen LogP contribution in [0.2, 0.25) is 0 Å². The fourth-order valence-corrected chi connectivity index (χ4v) is 1.82. The van der Waals surface area contributed by atoms with Crippen LogP contribution in [-0.4, -0.2) is 6.17 Å². The van der Waals surface area contributed by atoms with E-state index in [1.807, 2.05) is 6.92 Å². The number of unbranched alkanes of at least 4 members (excludes halogenated alkanes) is 4. The van der Waals surface area contributed by atoms with Crippen LogP contribution in [0.25, 0.3) is 0 Å². The molecule has 0 fully saturated rings. The summed E-state index contributed by atoms with van der Waals surface area (Å²) in [6.45, 7) is 6.35. The Morgan fingerprint density at radius 2 is 1.64 bits per heavy atom. The highest BCUT2D eigenvalue weighted by molar-refractivity contribution is 4.60. The van der Waals surface area contributed by atoms with Gasteiger partial charge >= 0.3 is 0 Å². The maximum Gasteiger partial charge on any atom is 0.100 e. The minimum absolute atomic E-state index is 0.569. The summed E-state index contributed by atoms with van der Waals surface area (Å²) in [5.41, 5.74) is 0. The number of hydrogen-bond acceptors (Lipinski definition) is 0. The largest absolute Gasteiger partial charge is 0.247 e. The lowest BCUT2D eigenvalue weighted by Gasteiger charge is -2.13. The zero-order valence-corrected chi connectivity index (χ0v) is 10.2. The topological polar surface area (TPSA) is 0 Å². The quantitative estimate of drug-likeness (QED) is 0.455. The third kappa shape index (κ3) is 8.52. The third-order valence-electron chi connectivity index (χ3n) is 2.90. The summed E-state index contributed by atoms with van der Waals surface area (Å²) in [7, 11) is 0. The highest BCUT2D eigenvalue weighted by Crippen LogP contribution is 2.18. The van der Waals surface area contributed by atoms with Gasteiger partial charge in [-0.05, 0) is 18.8 Å². The van der Waals surface area contributed by atoms with E-state index in [0.717, 1.165) is 6.42 Å². The molecule has 0 bridgehead atoms. The van der Waals surface area contributed by atoms with Gasteiger partial charge in [0.15, 0.2) is 0 Å². The first-order valence-electron chi connectivity index (χ1n) is 6.34. The zero-order valence-electron chi connectivity index (χ0n) is 10.2. The Balaban J connectivity index is 3.22. The van der Waals surface area contributed by atoms with Gasteiger partial charge < -0.3 is 0 Å². The van der Waals surface area contributed by atoms with E-state index in [2.05, 4.69) is 13.8 Å². The monoisotopic (exact) mass is 202 g/mol. The predicted molar refractivity (Wildman–Crippen MR) is 62.3 cm³/mol. The maximum atomic E-state index is 13.0. The van der Waals surface area contributed by atoms with Gasteiger partial charge in [0.25, 0.3) is 0 Å². The molecule has 0 aliphatic rings. The summed E-state index contributed by atoms with van der Waals surface area (Å²) in [5, 5.41) is 0. The third-order valence-corrected chi connectivity index (χ3v) is 2.90. The summed E-state index contributed by atoms with van der Waals surface area (Å²) in [6.07, 6.45) is 8.73. The molecule has 0 aliphatic carbocycles. The fourth-order valence-electron chi connectivity index (χ4n) is 1.82. The van der Waals surface area contributed by atoms with Crippen molar-refractivity contribution in [3.63, 3.8) is 0 Å². The zero-order chi connectivity index (χ0) is 10.8. The Hall–Kier alpha value is -0.0700. The summed E-state index contributed by atoms with van der Waals surface area (Å²) in [6, 6.07) is 0. The summed E-state index contributed by atoms with van der Waals surface area (Å²) in [5.74, 6) is 0.576. The van der Waals surface area contributed by atoms with E-state index in [1.165, 1.54) is 38.5 Å². The smallest absolute Gasteiger partial charge is 0.100 e. The average molecular weight is 202 g/mol. The van der Waals surface area contributed by atoms with Crippen molar-refractivity contribution in [2.75, 3.05) is 0 Å². The second-order valence-corrected chi connectivity index (χ2v) is 4.55. The fraction of sp³-hybridized carbons (Fsp3) is 1.00. The van der Waals surface area contributed by atoms with Crippen LogP contribution in [0.5, 0.6) is 0 Å². The van der Waals surface area contributed by atoms with E-state index in [-0.39, 0.29) is 0 Å². The molecular weight excluding hydrogens is 175 g/mol. The van der Waals surface area contributed by atoms with Crippen molar-refractivity contribution in [1.82, 2.24) is 0 Å². The Morgan fingerprint density at radius 1 is 1.00 bits per heavy atom. The SMILES string of the molecule is CCCCCCCC(C)CC(F)CC. The molecule has 0 radical (unpaired) electrons. The van der Waals surface area contributed by atoms with Gasteiger partial charge in [0, 0.05) is 0 Å². The van der Waals surface area contributed by atoms with Gasteiger partial charge in [-0.1, -0.05) is 59.3 Å². The van der Waals surface area contributed by atoms with Crippen molar-refractivity contribution in [3.8, 4) is 0 Å². The van der Waals surface area contributed by atoms with Gasteiger partial charge in [-0.2, -0.15) is 0 Å². The first-order chi connectivity index (χ1) is 6.70. The lowest BCUT2D eigenvalue weighted by atomic mass is 9.96. The van der Waals surface area contributed by atoms with Gasteiger partial charge in [0.2, 0.25) is 0 Å². The molecule has 2 atom stereocenters. The first kappa shape index (κ1) is 13.9. The number of alkyl halides is 1. The van der Waals surface area contributed by atoms with E-state index in [4.69, 9.17) is 0 Å². The summed E-state index contributed by atoms with van der Waals surface area (Å²) < 4.78 is 13.0. The molecule has 0 nitrogen and oxygen atoms in total. The van der Waals surface area contributed by atoms with E-state index in [1.54, 1.807) is 0 Å². The van der Waals surface area contributed by atoms with Crippen LogP contribution in [0.15, 0.2) is 0 Å². The van der Waals surface area contributed by atoms with Crippen molar-refractivity contribution in [3.05, 3.63) is 0 Å². The molecule has 0 aromatic heterocycles. The first-order valence-corrected chi connectivity index (χ1v) is 6.34. The predicted octanol–water partition coefficient (Wildman–Crippen LogP) is 5.12. The van der Waals surface area contributed by atoms with Gasteiger partial charge in [0.1, 0.15) is 6.17 Å². The van der Waals surface area contributed by atoms with Crippen molar-refractivity contribution >= 4 is 0 Å². The molecule has 1 heteroatoms. The molecule has 0 aliphatic heterocycles. The lowest BCUT2D eigenvalue weighted by molar-refractivity contribution is 0.259. The minimum Gasteiger partial charge on any atom is -0.247 e. The average Bonchev–Trinajstić information content (AvgIpc) is 2.17. The lowest BCUT2D eigenvalue weighted by Crippen LogP contribution is -2.05. The second-order valence-electron chi connectivity index (χ2n) is 4.55. The van der Waals surface area contributed by atoms with E-state index < -0.39 is 6.17 Å². The summed E-state index contributed by atoms with van der Waals surface area (Å²) >= 11 is 0. The number of hydrogen-bond donors (Lipinski definition) is 0. The molecule has 0 N–H and O–H groups in total. The Morgan fingerprint density at radius 3 is 2.21 bits per heavy atom. The standard InChI is InChI=1S/C13H27F/c1-4-6-7-8-9-10-12(3)11-13(14)5-2/h12-13H,4-11H2,1-3H3. The molecule has 2 unspecified atom stereocenters. The van der Waals surface area contributed by atoms with Crippen LogP contribution < -0.4 is 0 Å². The number of halogens is 1. The molecule has 0 aromatic rings.